The monoisotopic (exact) mass is 470 g/mol. The smallest absolute Gasteiger partial charge is 0.414 e. The van der Waals surface area contributed by atoms with E-state index in [4.69, 9.17) is 19.8 Å². The first-order valence-corrected chi connectivity index (χ1v) is 11.1. The van der Waals surface area contributed by atoms with Crippen LogP contribution in [0.25, 0.3) is 10.9 Å². The molecule has 9 heteroatoms. The predicted molar refractivity (Wildman–Crippen MR) is 120 cm³/mol. The Balaban J connectivity index is 0.000000408. The van der Waals surface area contributed by atoms with Gasteiger partial charge in [0.25, 0.3) is 0 Å². The Hall–Kier alpha value is -3.59. The van der Waals surface area contributed by atoms with E-state index in [1.165, 1.54) is 29.5 Å². The van der Waals surface area contributed by atoms with E-state index in [9.17, 15) is 13.6 Å². The maximum Gasteiger partial charge on any atom is 0.414 e. The van der Waals surface area contributed by atoms with Crippen LogP contribution in [-0.2, 0) is 16.0 Å². The molecule has 0 spiro atoms. The zero-order valence-electron chi connectivity index (χ0n) is 18.3. The van der Waals surface area contributed by atoms with Gasteiger partial charge in [-0.05, 0) is 73.8 Å². The normalized spacial score (nSPS) is 18.8. The number of ketones is 1. The molecule has 2 bridgehead atoms. The van der Waals surface area contributed by atoms with Gasteiger partial charge in [-0.25, -0.2) is 18.4 Å². The molecular formula is C25H24F2N2O5. The van der Waals surface area contributed by atoms with Crippen LogP contribution in [-0.4, -0.2) is 50.4 Å². The van der Waals surface area contributed by atoms with Crippen molar-refractivity contribution >= 4 is 28.6 Å². The van der Waals surface area contributed by atoms with Crippen LogP contribution in [0.3, 0.4) is 0 Å². The van der Waals surface area contributed by atoms with Crippen LogP contribution >= 0.6 is 0 Å². The third kappa shape index (κ3) is 4.84. The van der Waals surface area contributed by atoms with E-state index in [0.717, 1.165) is 43.1 Å². The predicted octanol–water partition coefficient (Wildman–Crippen LogP) is 4.33. The molecule has 0 radical (unpaired) electrons. The van der Waals surface area contributed by atoms with Gasteiger partial charge in [0.1, 0.15) is 11.6 Å². The molecule has 0 amide bonds. The van der Waals surface area contributed by atoms with E-state index in [0.29, 0.717) is 24.1 Å². The van der Waals surface area contributed by atoms with Crippen LogP contribution in [0.2, 0.25) is 0 Å². The van der Waals surface area contributed by atoms with Crippen molar-refractivity contribution in [2.75, 3.05) is 6.54 Å². The molecule has 2 aliphatic rings. The van der Waals surface area contributed by atoms with Gasteiger partial charge >= 0.3 is 11.9 Å². The van der Waals surface area contributed by atoms with Crippen LogP contribution in [0.4, 0.5) is 8.78 Å². The molecule has 1 fully saturated rings. The van der Waals surface area contributed by atoms with Gasteiger partial charge in [0.05, 0.1) is 0 Å². The summed E-state index contributed by atoms with van der Waals surface area (Å²) in [4.78, 5) is 36.5. The number of carboxylic acid groups (broad SMARTS) is 2. The van der Waals surface area contributed by atoms with Crippen molar-refractivity contribution in [1.29, 1.82) is 0 Å². The van der Waals surface area contributed by atoms with Crippen molar-refractivity contribution in [2.45, 2.75) is 44.2 Å². The summed E-state index contributed by atoms with van der Waals surface area (Å²) in [6, 6.07) is 11.5. The average Bonchev–Trinajstić information content (AvgIpc) is 3.29. The Kier molecular flexibility index (Phi) is 6.74. The molecule has 2 aliphatic heterocycles. The van der Waals surface area contributed by atoms with Gasteiger partial charge in [0.2, 0.25) is 0 Å². The summed E-state index contributed by atoms with van der Waals surface area (Å²) < 4.78 is 26.8. The summed E-state index contributed by atoms with van der Waals surface area (Å²) in [6.07, 6.45) is 4.39. The minimum Gasteiger partial charge on any atom is -0.473 e. The van der Waals surface area contributed by atoms with Gasteiger partial charge in [-0.3, -0.25) is 9.69 Å². The molecule has 0 saturated carbocycles. The fourth-order valence-corrected chi connectivity index (χ4v) is 5.02. The number of Topliss-reactive ketones (excluding diaryl/α,β-unsaturated/α-hetero) is 1. The number of aromatic nitrogens is 1. The third-order valence-corrected chi connectivity index (χ3v) is 6.47. The number of H-pyrrole nitrogens is 1. The topological polar surface area (TPSA) is 111 Å². The number of hydrogen-bond donors (Lipinski definition) is 3. The lowest BCUT2D eigenvalue weighted by atomic mass is 9.96. The largest absolute Gasteiger partial charge is 0.473 e. The highest BCUT2D eigenvalue weighted by atomic mass is 19.1. The molecule has 3 heterocycles. The Morgan fingerprint density at radius 1 is 0.971 bits per heavy atom. The van der Waals surface area contributed by atoms with E-state index in [1.807, 2.05) is 6.07 Å². The van der Waals surface area contributed by atoms with Crippen LogP contribution in [0, 0.1) is 11.6 Å². The number of aromatic amines is 1. The SMILES string of the molecule is O=C(CCCN1C2CCC1c1c([nH]c3ccc(F)cc13)C2)c1ccc(F)cc1.O=C(O)C(=O)O. The number of aliphatic carboxylic acids is 2. The van der Waals surface area contributed by atoms with E-state index in [2.05, 4.69) is 9.88 Å². The van der Waals surface area contributed by atoms with Gasteiger partial charge in [-0.15, -0.1) is 0 Å². The van der Waals surface area contributed by atoms with Crippen molar-refractivity contribution in [3.8, 4) is 0 Å². The Morgan fingerprint density at radius 2 is 1.65 bits per heavy atom. The first-order valence-electron chi connectivity index (χ1n) is 11.1. The standard InChI is InChI=1S/C23H22F2N2O.C2H2O4/c24-15-5-3-14(4-6-15)22(28)2-1-11-27-17-8-10-21(27)23-18-12-16(25)7-9-19(18)26-20(23)13-17;3-1(4)2(5)6/h3-7,9,12,17,21,26H,1-2,8,10-11,13H2;(H,3,4)(H,5,6). The molecule has 3 N–H and O–H groups in total. The summed E-state index contributed by atoms with van der Waals surface area (Å²) in [6.45, 7) is 0.851. The number of fused-ring (bicyclic) bond motifs is 6. The highest BCUT2D eigenvalue weighted by Crippen LogP contribution is 2.46. The number of carboxylic acids is 2. The molecule has 7 nitrogen and oxygen atoms in total. The highest BCUT2D eigenvalue weighted by molar-refractivity contribution is 6.27. The molecule has 178 valence electrons. The molecular weight excluding hydrogens is 446 g/mol. The number of carbonyl (C=O) groups excluding carboxylic acids is 1. The van der Waals surface area contributed by atoms with Gasteiger partial charge in [0, 0.05) is 47.1 Å². The minimum atomic E-state index is -1.82. The van der Waals surface area contributed by atoms with Gasteiger partial charge < -0.3 is 15.2 Å². The molecule has 0 aliphatic carbocycles. The first-order chi connectivity index (χ1) is 16.2. The van der Waals surface area contributed by atoms with E-state index in [1.54, 1.807) is 18.2 Å². The quantitative estimate of drug-likeness (QED) is 0.378. The second kappa shape index (κ2) is 9.72. The summed E-state index contributed by atoms with van der Waals surface area (Å²) in [5.74, 6) is -4.12. The third-order valence-electron chi connectivity index (χ3n) is 6.47. The minimum absolute atomic E-state index is 0.0548. The van der Waals surface area contributed by atoms with Crippen molar-refractivity contribution in [3.63, 3.8) is 0 Å². The van der Waals surface area contributed by atoms with Gasteiger partial charge in [-0.1, -0.05) is 0 Å². The number of benzene rings is 2. The van der Waals surface area contributed by atoms with Crippen molar-refractivity contribution in [1.82, 2.24) is 9.88 Å². The first kappa shape index (κ1) is 23.6. The number of rotatable bonds is 5. The lowest BCUT2D eigenvalue weighted by Gasteiger charge is -2.35. The number of hydrogen-bond acceptors (Lipinski definition) is 4. The van der Waals surface area contributed by atoms with Crippen LogP contribution in [0.5, 0.6) is 0 Å². The molecule has 2 aromatic carbocycles. The second-order valence-electron chi connectivity index (χ2n) is 8.54. The molecule has 2 atom stereocenters. The zero-order valence-corrected chi connectivity index (χ0v) is 18.3. The number of nitrogens with one attached hydrogen (secondary N) is 1. The lowest BCUT2D eigenvalue weighted by molar-refractivity contribution is -0.159. The summed E-state index contributed by atoms with van der Waals surface area (Å²) in [5, 5.41) is 15.8. The molecule has 5 rings (SSSR count). The summed E-state index contributed by atoms with van der Waals surface area (Å²) in [7, 11) is 0. The Morgan fingerprint density at radius 3 is 2.32 bits per heavy atom. The molecule has 1 aromatic heterocycles. The molecule has 2 unspecified atom stereocenters. The molecule has 34 heavy (non-hydrogen) atoms. The maximum atomic E-state index is 13.8. The zero-order chi connectivity index (χ0) is 24.4. The van der Waals surface area contributed by atoms with E-state index in [-0.39, 0.29) is 17.4 Å². The van der Waals surface area contributed by atoms with Crippen molar-refractivity contribution in [3.05, 3.63) is 70.9 Å². The van der Waals surface area contributed by atoms with Gasteiger partial charge in [0.15, 0.2) is 5.78 Å². The lowest BCUT2D eigenvalue weighted by Crippen LogP contribution is -2.38. The maximum absolute atomic E-state index is 13.8. The Bertz CT molecular complexity index is 1230. The van der Waals surface area contributed by atoms with Crippen LogP contribution in [0.1, 0.15) is 53.3 Å². The number of carbonyl (C=O) groups is 3. The van der Waals surface area contributed by atoms with E-state index < -0.39 is 11.9 Å². The van der Waals surface area contributed by atoms with Crippen LogP contribution < -0.4 is 0 Å². The average molecular weight is 470 g/mol. The number of halogens is 2. The number of nitrogens with zero attached hydrogens (tertiary/aromatic N) is 1. The summed E-state index contributed by atoms with van der Waals surface area (Å²) >= 11 is 0. The second-order valence-corrected chi connectivity index (χ2v) is 8.54. The van der Waals surface area contributed by atoms with Crippen LogP contribution in [0.15, 0.2) is 42.5 Å². The fourth-order valence-electron chi connectivity index (χ4n) is 5.02. The van der Waals surface area contributed by atoms with Gasteiger partial charge in [-0.2, -0.15) is 0 Å². The van der Waals surface area contributed by atoms with E-state index >= 15 is 0 Å². The Labute approximate surface area is 194 Å². The molecule has 3 aromatic rings. The molecule has 1 saturated heterocycles. The van der Waals surface area contributed by atoms with Crippen molar-refractivity contribution < 1.29 is 33.4 Å². The highest BCUT2D eigenvalue weighted by Gasteiger charge is 2.41. The fraction of sp³-hybridized carbons (Fsp3) is 0.320. The summed E-state index contributed by atoms with van der Waals surface area (Å²) in [5.41, 5.74) is 4.06. The van der Waals surface area contributed by atoms with Crippen molar-refractivity contribution in [2.24, 2.45) is 0 Å².